The first-order chi connectivity index (χ1) is 6.33. The van der Waals surface area contributed by atoms with E-state index in [1.54, 1.807) is 20.8 Å². The Bertz CT molecular complexity index is 254. The highest BCUT2D eigenvalue weighted by Crippen LogP contribution is 2.60. The molecule has 0 spiro atoms. The highest BCUT2D eigenvalue weighted by molar-refractivity contribution is 7.55. The normalized spacial score (nSPS) is 14.5. The average molecular weight is 223 g/mol. The molecule has 0 fully saturated rings. The molecule has 0 saturated heterocycles. The van der Waals surface area contributed by atoms with Gasteiger partial charge in [0.15, 0.2) is 0 Å². The second-order valence-electron chi connectivity index (χ2n) is 3.69. The monoisotopic (exact) mass is 223 g/mol. The molecule has 1 N–H and O–H groups in total. The third kappa shape index (κ3) is 2.80. The largest absolute Gasteiger partial charge is 0.411 e. The van der Waals surface area contributed by atoms with Crippen molar-refractivity contribution in [3.05, 3.63) is 0 Å². The van der Waals surface area contributed by atoms with Gasteiger partial charge in [0.1, 0.15) is 0 Å². The lowest BCUT2D eigenvalue weighted by molar-refractivity contribution is 0.251. The average Bonchev–Trinajstić information content (AvgIpc) is 2.15. The number of nitrogens with zero attached hydrogens (tertiary/aromatic N) is 1. The molecule has 5 nitrogen and oxygen atoms in total. The first kappa shape index (κ1) is 13.6. The minimum atomic E-state index is -3.14. The van der Waals surface area contributed by atoms with Gasteiger partial charge in [-0.15, -0.1) is 0 Å². The number of hydrogen-bond acceptors (Lipinski definition) is 5. The molecule has 0 saturated carbocycles. The van der Waals surface area contributed by atoms with Crippen LogP contribution in [0.5, 0.6) is 0 Å². The van der Waals surface area contributed by atoms with Crippen molar-refractivity contribution in [2.75, 3.05) is 14.2 Å². The SMILES string of the molecule is COP(=O)(OC)C(C)(C)C/C(C)=N/O. The van der Waals surface area contributed by atoms with Gasteiger partial charge in [-0.3, -0.25) is 4.57 Å². The molecule has 6 heteroatoms. The van der Waals surface area contributed by atoms with Crippen LogP contribution in [0.25, 0.3) is 0 Å². The van der Waals surface area contributed by atoms with Crippen LogP contribution in [0.2, 0.25) is 0 Å². The van der Waals surface area contributed by atoms with Gasteiger partial charge < -0.3 is 14.3 Å². The Morgan fingerprint density at radius 2 is 1.86 bits per heavy atom. The molecular weight excluding hydrogens is 205 g/mol. The Hall–Kier alpha value is -0.380. The molecular formula is C8H18NO4P. The zero-order valence-electron chi connectivity index (χ0n) is 9.27. The molecule has 84 valence electrons. The molecule has 0 aliphatic rings. The lowest BCUT2D eigenvalue weighted by Crippen LogP contribution is -2.25. The fraction of sp³-hybridized carbons (Fsp3) is 0.875. The van der Waals surface area contributed by atoms with E-state index in [1.165, 1.54) is 14.2 Å². The maximum absolute atomic E-state index is 12.0. The summed E-state index contributed by atoms with van der Waals surface area (Å²) in [5.74, 6) is 0. The van der Waals surface area contributed by atoms with Gasteiger partial charge in [-0.25, -0.2) is 0 Å². The quantitative estimate of drug-likeness (QED) is 0.336. The van der Waals surface area contributed by atoms with Crippen molar-refractivity contribution < 1.29 is 18.8 Å². The van der Waals surface area contributed by atoms with Crippen LogP contribution < -0.4 is 0 Å². The van der Waals surface area contributed by atoms with Crippen molar-refractivity contribution in [1.29, 1.82) is 0 Å². The molecule has 0 rings (SSSR count). The number of oxime groups is 1. The zero-order valence-corrected chi connectivity index (χ0v) is 10.2. The van der Waals surface area contributed by atoms with Crippen molar-refractivity contribution >= 4 is 13.3 Å². The second kappa shape index (κ2) is 4.91. The summed E-state index contributed by atoms with van der Waals surface area (Å²) in [5, 5.41) is 10.9. The molecule has 0 unspecified atom stereocenters. The van der Waals surface area contributed by atoms with Gasteiger partial charge in [0.2, 0.25) is 0 Å². The minimum Gasteiger partial charge on any atom is -0.411 e. The van der Waals surface area contributed by atoms with E-state index in [0.29, 0.717) is 12.1 Å². The van der Waals surface area contributed by atoms with E-state index >= 15 is 0 Å². The third-order valence-corrected chi connectivity index (χ3v) is 4.68. The van der Waals surface area contributed by atoms with Crippen LogP contribution >= 0.6 is 7.60 Å². The van der Waals surface area contributed by atoms with Crippen molar-refractivity contribution in [1.82, 2.24) is 0 Å². The van der Waals surface area contributed by atoms with E-state index < -0.39 is 12.8 Å². The molecule has 0 aliphatic carbocycles. The van der Waals surface area contributed by atoms with Crippen molar-refractivity contribution in [2.45, 2.75) is 32.3 Å². The molecule has 0 aromatic rings. The maximum atomic E-state index is 12.0. The third-order valence-electron chi connectivity index (χ3n) is 2.08. The highest BCUT2D eigenvalue weighted by atomic mass is 31.2. The van der Waals surface area contributed by atoms with E-state index in [4.69, 9.17) is 14.3 Å². The van der Waals surface area contributed by atoms with E-state index in [2.05, 4.69) is 5.16 Å². The second-order valence-corrected chi connectivity index (χ2v) is 6.62. The molecule has 0 aromatic heterocycles. The van der Waals surface area contributed by atoms with Crippen LogP contribution in [0.1, 0.15) is 27.2 Å². The minimum absolute atomic E-state index is 0.350. The van der Waals surface area contributed by atoms with Crippen LogP contribution in [0, 0.1) is 0 Å². The van der Waals surface area contributed by atoms with Gasteiger partial charge >= 0.3 is 7.60 Å². The first-order valence-electron chi connectivity index (χ1n) is 4.22. The predicted molar refractivity (Wildman–Crippen MR) is 55.2 cm³/mol. The Labute approximate surface area is 84.6 Å². The summed E-state index contributed by atoms with van der Waals surface area (Å²) in [6, 6.07) is 0. The summed E-state index contributed by atoms with van der Waals surface area (Å²) < 4.78 is 21.8. The summed E-state index contributed by atoms with van der Waals surface area (Å²) in [6.45, 7) is 5.14. The van der Waals surface area contributed by atoms with Crippen LogP contribution in [-0.2, 0) is 13.6 Å². The lowest BCUT2D eigenvalue weighted by Gasteiger charge is -2.30. The smallest absolute Gasteiger partial charge is 0.336 e. The summed E-state index contributed by atoms with van der Waals surface area (Å²) >= 11 is 0. The van der Waals surface area contributed by atoms with E-state index in [0.717, 1.165) is 0 Å². The first-order valence-corrected chi connectivity index (χ1v) is 5.76. The fourth-order valence-electron chi connectivity index (χ4n) is 1.33. The van der Waals surface area contributed by atoms with Gasteiger partial charge in [0, 0.05) is 20.6 Å². The molecule has 0 aliphatic heterocycles. The number of hydrogen-bond donors (Lipinski definition) is 1. The van der Waals surface area contributed by atoms with Crippen LogP contribution in [0.3, 0.4) is 0 Å². The Morgan fingerprint density at radius 1 is 1.43 bits per heavy atom. The Balaban J connectivity index is 4.84. The van der Waals surface area contributed by atoms with Crippen molar-refractivity contribution in [2.24, 2.45) is 5.16 Å². The van der Waals surface area contributed by atoms with Crippen LogP contribution in [-0.4, -0.2) is 30.3 Å². The summed E-state index contributed by atoms with van der Waals surface area (Å²) in [5.41, 5.74) is 0.490. The molecule has 0 atom stereocenters. The maximum Gasteiger partial charge on any atom is 0.336 e. The Morgan fingerprint density at radius 3 is 2.14 bits per heavy atom. The predicted octanol–water partition coefficient (Wildman–Crippen LogP) is 2.49. The Kier molecular flexibility index (Phi) is 4.78. The van der Waals surface area contributed by atoms with E-state index in [1.807, 2.05) is 0 Å². The molecule has 0 aromatic carbocycles. The van der Waals surface area contributed by atoms with Crippen LogP contribution in [0.4, 0.5) is 0 Å². The van der Waals surface area contributed by atoms with E-state index in [9.17, 15) is 4.57 Å². The molecule has 0 bridgehead atoms. The molecule has 14 heavy (non-hydrogen) atoms. The van der Waals surface area contributed by atoms with Gasteiger partial charge in [-0.05, 0) is 20.8 Å². The van der Waals surface area contributed by atoms with Gasteiger partial charge in [-0.2, -0.15) is 0 Å². The fourth-order valence-corrected chi connectivity index (χ4v) is 2.89. The summed E-state index contributed by atoms with van der Waals surface area (Å²) in [7, 11) is -0.454. The van der Waals surface area contributed by atoms with Gasteiger partial charge in [0.25, 0.3) is 0 Å². The topological polar surface area (TPSA) is 68.1 Å². The molecule has 0 radical (unpaired) electrons. The van der Waals surface area contributed by atoms with Crippen molar-refractivity contribution in [3.8, 4) is 0 Å². The van der Waals surface area contributed by atoms with Gasteiger partial charge in [-0.1, -0.05) is 5.16 Å². The lowest BCUT2D eigenvalue weighted by atomic mass is 10.1. The molecule has 0 heterocycles. The van der Waals surface area contributed by atoms with Crippen LogP contribution in [0.15, 0.2) is 5.16 Å². The van der Waals surface area contributed by atoms with Gasteiger partial charge in [0.05, 0.1) is 10.9 Å². The van der Waals surface area contributed by atoms with Crippen molar-refractivity contribution in [3.63, 3.8) is 0 Å². The number of rotatable bonds is 5. The zero-order chi connectivity index (χ0) is 11.4. The molecule has 0 amide bonds. The van der Waals surface area contributed by atoms with E-state index in [-0.39, 0.29) is 0 Å². The summed E-state index contributed by atoms with van der Waals surface area (Å²) in [4.78, 5) is 0. The highest BCUT2D eigenvalue weighted by Gasteiger charge is 2.42. The summed E-state index contributed by atoms with van der Waals surface area (Å²) in [6.07, 6.45) is 0.350. The standard InChI is InChI=1S/C8H18NO4P/c1-7(9-10)6-8(2,3)14(11,12-4)13-5/h10H,6H2,1-5H3/b9-7+.